The van der Waals surface area contributed by atoms with Crippen LogP contribution in [-0.2, 0) is 19.6 Å². The number of nitrogens with one attached hydrogen (secondary N) is 1. The van der Waals surface area contributed by atoms with E-state index in [-0.39, 0.29) is 11.9 Å². The highest BCUT2D eigenvalue weighted by atomic mass is 16.4. The molecule has 1 atom stereocenters. The number of hydrogen-bond donors (Lipinski definition) is 1. The number of rotatable bonds is 6. The summed E-state index contributed by atoms with van der Waals surface area (Å²) in [6, 6.07) is 20.4. The van der Waals surface area contributed by atoms with Gasteiger partial charge in [-0.2, -0.15) is 0 Å². The molecular formula is C25H25N3O3. The lowest BCUT2D eigenvalue weighted by atomic mass is 9.99. The second-order valence-corrected chi connectivity index (χ2v) is 7.94. The molecule has 1 unspecified atom stereocenters. The Morgan fingerprint density at radius 2 is 1.90 bits per heavy atom. The molecule has 3 aromatic heterocycles. The summed E-state index contributed by atoms with van der Waals surface area (Å²) < 4.78 is 13.5. The van der Waals surface area contributed by atoms with Gasteiger partial charge in [0.25, 0.3) is 5.91 Å². The van der Waals surface area contributed by atoms with Crippen LogP contribution in [0.1, 0.15) is 44.9 Å². The summed E-state index contributed by atoms with van der Waals surface area (Å²) in [5.41, 5.74) is 3.78. The maximum Gasteiger partial charge on any atom is 0.287 e. The highest BCUT2D eigenvalue weighted by molar-refractivity contribution is 5.91. The summed E-state index contributed by atoms with van der Waals surface area (Å²) in [5.74, 6) is 1.55. The third kappa shape index (κ3) is 4.07. The Balaban J connectivity index is 1.33. The zero-order valence-corrected chi connectivity index (χ0v) is 17.5. The summed E-state index contributed by atoms with van der Waals surface area (Å²) in [7, 11) is 0. The summed E-state index contributed by atoms with van der Waals surface area (Å²) in [5, 5.41) is 2.82. The SMILES string of the molecule is Cc1ccc(C2c3cccn3CCN2Cc2ccc(C(=O)NCc3ccco3)o2)cc1. The molecule has 6 nitrogen and oxygen atoms in total. The maximum atomic E-state index is 12.4. The van der Waals surface area contributed by atoms with Crippen molar-refractivity contribution in [1.29, 1.82) is 0 Å². The molecular weight excluding hydrogens is 390 g/mol. The molecule has 4 aromatic rings. The number of hydrogen-bond acceptors (Lipinski definition) is 4. The van der Waals surface area contributed by atoms with Gasteiger partial charge in [-0.25, -0.2) is 0 Å². The molecule has 31 heavy (non-hydrogen) atoms. The minimum atomic E-state index is -0.245. The van der Waals surface area contributed by atoms with Gasteiger partial charge >= 0.3 is 0 Å². The predicted octanol–water partition coefficient (Wildman–Crippen LogP) is 4.52. The van der Waals surface area contributed by atoms with Crippen LogP contribution in [0.5, 0.6) is 0 Å². The summed E-state index contributed by atoms with van der Waals surface area (Å²) in [6.07, 6.45) is 3.73. The van der Waals surface area contributed by atoms with Crippen molar-refractivity contribution < 1.29 is 13.6 Å². The molecule has 1 aliphatic heterocycles. The van der Waals surface area contributed by atoms with Crippen molar-refractivity contribution in [3.8, 4) is 0 Å². The highest BCUT2D eigenvalue weighted by Crippen LogP contribution is 2.33. The predicted molar refractivity (Wildman–Crippen MR) is 116 cm³/mol. The number of aryl methyl sites for hydroxylation is 1. The lowest BCUT2D eigenvalue weighted by Gasteiger charge is -2.37. The normalized spacial score (nSPS) is 16.2. The fourth-order valence-electron chi connectivity index (χ4n) is 4.18. The Bertz CT molecular complexity index is 1160. The van der Waals surface area contributed by atoms with E-state index >= 15 is 0 Å². The number of carbonyl (C=O) groups excluding carboxylic acids is 1. The van der Waals surface area contributed by atoms with E-state index in [2.05, 4.69) is 64.3 Å². The first-order valence-corrected chi connectivity index (χ1v) is 10.5. The van der Waals surface area contributed by atoms with Crippen LogP contribution in [0.25, 0.3) is 0 Å². The first-order valence-electron chi connectivity index (χ1n) is 10.5. The van der Waals surface area contributed by atoms with Crippen molar-refractivity contribution in [3.05, 3.63) is 107 Å². The van der Waals surface area contributed by atoms with Gasteiger partial charge in [0, 0.05) is 25.0 Å². The van der Waals surface area contributed by atoms with Crippen molar-refractivity contribution in [2.75, 3.05) is 6.54 Å². The van der Waals surface area contributed by atoms with Gasteiger partial charge < -0.3 is 18.7 Å². The second-order valence-electron chi connectivity index (χ2n) is 7.94. The molecule has 0 fully saturated rings. The molecule has 0 saturated carbocycles. The van der Waals surface area contributed by atoms with Gasteiger partial charge in [-0.1, -0.05) is 29.8 Å². The topological polar surface area (TPSA) is 63.6 Å². The van der Waals surface area contributed by atoms with E-state index < -0.39 is 0 Å². The van der Waals surface area contributed by atoms with E-state index in [9.17, 15) is 4.79 Å². The van der Waals surface area contributed by atoms with Crippen molar-refractivity contribution in [2.45, 2.75) is 32.6 Å². The van der Waals surface area contributed by atoms with Gasteiger partial charge in [-0.3, -0.25) is 9.69 Å². The second kappa shape index (κ2) is 8.32. The van der Waals surface area contributed by atoms with Crippen LogP contribution in [-0.4, -0.2) is 21.9 Å². The molecule has 1 amide bonds. The largest absolute Gasteiger partial charge is 0.467 e. The van der Waals surface area contributed by atoms with Gasteiger partial charge in [0.1, 0.15) is 11.5 Å². The fourth-order valence-corrected chi connectivity index (χ4v) is 4.18. The Morgan fingerprint density at radius 1 is 1.03 bits per heavy atom. The van der Waals surface area contributed by atoms with Gasteiger partial charge in [0.2, 0.25) is 0 Å². The van der Waals surface area contributed by atoms with Crippen LogP contribution in [0.15, 0.2) is 82.0 Å². The van der Waals surface area contributed by atoms with Gasteiger partial charge in [-0.15, -0.1) is 0 Å². The van der Waals surface area contributed by atoms with Crippen LogP contribution < -0.4 is 5.32 Å². The molecule has 1 aliphatic rings. The van der Waals surface area contributed by atoms with E-state index in [1.54, 1.807) is 18.4 Å². The first-order chi connectivity index (χ1) is 15.2. The lowest BCUT2D eigenvalue weighted by Crippen LogP contribution is -2.37. The lowest BCUT2D eigenvalue weighted by molar-refractivity contribution is 0.0913. The average Bonchev–Trinajstić information content (AvgIpc) is 3.54. The molecule has 158 valence electrons. The van der Waals surface area contributed by atoms with Crippen LogP contribution >= 0.6 is 0 Å². The molecule has 4 heterocycles. The van der Waals surface area contributed by atoms with Crippen molar-refractivity contribution in [2.24, 2.45) is 0 Å². The molecule has 0 spiro atoms. The minimum Gasteiger partial charge on any atom is -0.467 e. The van der Waals surface area contributed by atoms with E-state index in [1.165, 1.54) is 16.8 Å². The number of nitrogens with zero attached hydrogens (tertiary/aromatic N) is 2. The molecule has 5 rings (SSSR count). The summed E-state index contributed by atoms with van der Waals surface area (Å²) >= 11 is 0. The fraction of sp³-hybridized carbons (Fsp3) is 0.240. The monoisotopic (exact) mass is 415 g/mol. The number of benzene rings is 1. The number of carbonyl (C=O) groups is 1. The molecule has 6 heteroatoms. The third-order valence-corrected chi connectivity index (χ3v) is 5.78. The molecule has 1 aromatic carbocycles. The Kier molecular flexibility index (Phi) is 5.22. The van der Waals surface area contributed by atoms with Gasteiger partial charge in [-0.05, 0) is 48.9 Å². The Hall–Kier alpha value is -3.51. The molecule has 1 N–H and O–H groups in total. The molecule has 0 saturated heterocycles. The number of aromatic nitrogens is 1. The Morgan fingerprint density at radius 3 is 2.71 bits per heavy atom. The van der Waals surface area contributed by atoms with E-state index in [4.69, 9.17) is 8.83 Å². The minimum absolute atomic E-state index is 0.144. The molecule has 0 aliphatic carbocycles. The third-order valence-electron chi connectivity index (χ3n) is 5.78. The van der Waals surface area contributed by atoms with Crippen molar-refractivity contribution in [3.63, 3.8) is 0 Å². The van der Waals surface area contributed by atoms with Crippen LogP contribution in [0.4, 0.5) is 0 Å². The Labute approximate surface area is 181 Å². The average molecular weight is 415 g/mol. The van der Waals surface area contributed by atoms with Crippen molar-refractivity contribution in [1.82, 2.24) is 14.8 Å². The van der Waals surface area contributed by atoms with Gasteiger partial charge in [0.05, 0.1) is 25.4 Å². The van der Waals surface area contributed by atoms with Crippen LogP contribution in [0.3, 0.4) is 0 Å². The summed E-state index contributed by atoms with van der Waals surface area (Å²) in [4.78, 5) is 14.8. The highest BCUT2D eigenvalue weighted by Gasteiger charge is 2.29. The standard InChI is InChI=1S/C25H25N3O3/c1-18-6-8-19(9-7-18)24-22-5-2-12-27(22)13-14-28(24)17-21-10-11-23(31-21)25(29)26-16-20-4-3-15-30-20/h2-12,15,24H,13-14,16-17H2,1H3,(H,26,29). The molecule has 0 bridgehead atoms. The van der Waals surface area contributed by atoms with E-state index in [1.807, 2.05) is 12.1 Å². The quantitative estimate of drug-likeness (QED) is 0.503. The van der Waals surface area contributed by atoms with Crippen LogP contribution in [0, 0.1) is 6.92 Å². The maximum absolute atomic E-state index is 12.4. The van der Waals surface area contributed by atoms with E-state index in [0.29, 0.717) is 24.6 Å². The van der Waals surface area contributed by atoms with E-state index in [0.717, 1.165) is 18.8 Å². The zero-order valence-electron chi connectivity index (χ0n) is 17.5. The first kappa shape index (κ1) is 19.5. The smallest absolute Gasteiger partial charge is 0.287 e. The van der Waals surface area contributed by atoms with Crippen molar-refractivity contribution >= 4 is 5.91 Å². The number of fused-ring (bicyclic) bond motifs is 1. The molecule has 0 radical (unpaired) electrons. The zero-order chi connectivity index (χ0) is 21.2. The van der Waals surface area contributed by atoms with Gasteiger partial charge in [0.15, 0.2) is 5.76 Å². The van der Waals surface area contributed by atoms with Crippen LogP contribution in [0.2, 0.25) is 0 Å². The summed E-state index contributed by atoms with van der Waals surface area (Å²) in [6.45, 7) is 4.91. The number of amides is 1. The number of furan rings is 2.